The number of carbonyl (C=O) groups excluding carboxylic acids is 1. The molecule has 4 heterocycles. The van der Waals surface area contributed by atoms with E-state index in [1.165, 1.54) is 5.69 Å². The second kappa shape index (κ2) is 13.1. The summed E-state index contributed by atoms with van der Waals surface area (Å²) in [5.74, 6) is -2.76. The number of carboxylic acids is 1. The molecule has 2 aliphatic heterocycles. The van der Waals surface area contributed by atoms with Gasteiger partial charge in [-0.05, 0) is 61.4 Å². The van der Waals surface area contributed by atoms with Crippen LogP contribution in [0, 0.1) is 0 Å². The van der Waals surface area contributed by atoms with Gasteiger partial charge < -0.3 is 19.3 Å². The molecular weight excluding hydrogens is 597 g/mol. The standard InChI is InChI=1S/C30H29ClN4O2.C2HF3O2/c31-24-11-13-25(14-12-24)34-18-6-9-27(34)21-33-19-15-26(16-20-33)35-22-30(37-29(35)36,23-7-2-1-3-8-23)28-10-4-5-17-32-28;3-2(4,5)1(6)7/h1-14,17-18,26H,15-16,19-22H2;(H,6,7). The summed E-state index contributed by atoms with van der Waals surface area (Å²) in [6.45, 7) is 3.16. The largest absolute Gasteiger partial charge is 0.490 e. The predicted molar refractivity (Wildman–Crippen MR) is 157 cm³/mol. The zero-order valence-corrected chi connectivity index (χ0v) is 24.3. The lowest BCUT2D eigenvalue weighted by atomic mass is 9.89. The van der Waals surface area contributed by atoms with Gasteiger partial charge in [0.25, 0.3) is 0 Å². The van der Waals surface area contributed by atoms with Crippen LogP contribution in [0.2, 0.25) is 5.02 Å². The molecule has 0 aliphatic carbocycles. The maximum atomic E-state index is 13.2. The zero-order chi connectivity index (χ0) is 31.3. The molecule has 0 spiro atoms. The number of amides is 1. The smallest absolute Gasteiger partial charge is 0.475 e. The number of benzene rings is 2. The number of pyridine rings is 1. The van der Waals surface area contributed by atoms with E-state index in [1.807, 2.05) is 77.7 Å². The van der Waals surface area contributed by atoms with Gasteiger partial charge in [-0.3, -0.25) is 9.88 Å². The Labute approximate surface area is 257 Å². The first-order valence-electron chi connectivity index (χ1n) is 14.0. The zero-order valence-electron chi connectivity index (χ0n) is 23.5. The minimum Gasteiger partial charge on any atom is -0.475 e. The Hall–Kier alpha value is -4.35. The van der Waals surface area contributed by atoms with Gasteiger partial charge in [-0.1, -0.05) is 48.0 Å². The molecule has 0 radical (unpaired) electrons. The van der Waals surface area contributed by atoms with Crippen molar-refractivity contribution in [2.75, 3.05) is 19.6 Å². The molecular formula is C32H30ClF3N4O4. The van der Waals surface area contributed by atoms with Crippen molar-refractivity contribution in [2.45, 2.75) is 37.2 Å². The van der Waals surface area contributed by atoms with Crippen molar-refractivity contribution >= 4 is 23.7 Å². The van der Waals surface area contributed by atoms with E-state index >= 15 is 0 Å². The monoisotopic (exact) mass is 626 g/mol. The Morgan fingerprint density at radius 2 is 1.64 bits per heavy atom. The van der Waals surface area contributed by atoms with Crippen LogP contribution in [0.4, 0.5) is 18.0 Å². The number of likely N-dealkylation sites (tertiary alicyclic amines) is 1. The number of alkyl halides is 3. The first-order valence-corrected chi connectivity index (χ1v) is 14.4. The molecule has 0 saturated carbocycles. The molecule has 12 heteroatoms. The summed E-state index contributed by atoms with van der Waals surface area (Å²) in [7, 11) is 0. The van der Waals surface area contributed by atoms with Crippen molar-refractivity contribution in [3.8, 4) is 5.69 Å². The van der Waals surface area contributed by atoms with Crippen molar-refractivity contribution in [3.63, 3.8) is 0 Å². The van der Waals surface area contributed by atoms with E-state index in [0.717, 1.165) is 54.4 Å². The summed E-state index contributed by atoms with van der Waals surface area (Å²) in [5.41, 5.74) is 3.16. The summed E-state index contributed by atoms with van der Waals surface area (Å²) < 4.78 is 40.1. The molecule has 2 fully saturated rings. The van der Waals surface area contributed by atoms with E-state index in [1.54, 1.807) is 6.20 Å². The first-order chi connectivity index (χ1) is 21.1. The van der Waals surface area contributed by atoms with Gasteiger partial charge in [-0.15, -0.1) is 0 Å². The number of hydrogen-bond acceptors (Lipinski definition) is 5. The molecule has 2 saturated heterocycles. The lowest BCUT2D eigenvalue weighted by Gasteiger charge is -2.36. The van der Waals surface area contributed by atoms with Crippen LogP contribution in [-0.4, -0.2) is 68.4 Å². The average molecular weight is 627 g/mol. The maximum absolute atomic E-state index is 13.2. The van der Waals surface area contributed by atoms with E-state index in [0.29, 0.717) is 6.54 Å². The summed E-state index contributed by atoms with van der Waals surface area (Å²) in [5, 5.41) is 7.86. The predicted octanol–water partition coefficient (Wildman–Crippen LogP) is 6.52. The Kier molecular flexibility index (Phi) is 9.26. The molecule has 230 valence electrons. The van der Waals surface area contributed by atoms with E-state index in [4.69, 9.17) is 26.2 Å². The highest BCUT2D eigenvalue weighted by molar-refractivity contribution is 6.30. The van der Waals surface area contributed by atoms with Gasteiger partial charge in [0.2, 0.25) is 0 Å². The highest BCUT2D eigenvalue weighted by Gasteiger charge is 2.51. The number of aliphatic carboxylic acids is 1. The summed E-state index contributed by atoms with van der Waals surface area (Å²) >= 11 is 6.08. The molecule has 44 heavy (non-hydrogen) atoms. The van der Waals surface area contributed by atoms with E-state index in [2.05, 4.69) is 32.8 Å². The van der Waals surface area contributed by atoms with Crippen molar-refractivity contribution in [3.05, 3.63) is 119 Å². The third kappa shape index (κ3) is 6.89. The van der Waals surface area contributed by atoms with Crippen molar-refractivity contribution < 1.29 is 32.6 Å². The molecule has 1 atom stereocenters. The fourth-order valence-electron chi connectivity index (χ4n) is 5.58. The summed E-state index contributed by atoms with van der Waals surface area (Å²) in [6, 6.07) is 28.1. The Morgan fingerprint density at radius 3 is 2.25 bits per heavy atom. The molecule has 2 aromatic heterocycles. The van der Waals surface area contributed by atoms with E-state index in [9.17, 15) is 18.0 Å². The van der Waals surface area contributed by atoms with Crippen molar-refractivity contribution in [1.82, 2.24) is 19.4 Å². The summed E-state index contributed by atoms with van der Waals surface area (Å²) in [6.07, 6.45) is 0.319. The minimum absolute atomic E-state index is 0.140. The maximum Gasteiger partial charge on any atom is 0.490 e. The molecule has 6 rings (SSSR count). The second-order valence-corrected chi connectivity index (χ2v) is 11.0. The number of hydrogen-bond donors (Lipinski definition) is 1. The molecule has 2 aliphatic rings. The fraction of sp³-hybridized carbons (Fsp3) is 0.281. The number of nitrogens with zero attached hydrogens (tertiary/aromatic N) is 4. The number of carbonyl (C=O) groups is 2. The van der Waals surface area contributed by atoms with E-state index in [-0.39, 0.29) is 12.1 Å². The van der Waals surface area contributed by atoms with Gasteiger partial charge in [0.1, 0.15) is 0 Å². The fourth-order valence-corrected chi connectivity index (χ4v) is 5.71. The third-order valence-electron chi connectivity index (χ3n) is 7.77. The molecule has 1 amide bonds. The molecule has 1 unspecified atom stereocenters. The second-order valence-electron chi connectivity index (χ2n) is 10.6. The Balaban J connectivity index is 0.000000493. The van der Waals surface area contributed by atoms with Gasteiger partial charge in [0, 0.05) is 60.0 Å². The Bertz CT molecular complexity index is 1520. The number of ether oxygens (including phenoxy) is 1. The van der Waals surface area contributed by atoms with Crippen molar-refractivity contribution in [2.24, 2.45) is 0 Å². The molecule has 2 aromatic carbocycles. The first kappa shape index (κ1) is 31.1. The molecule has 4 aromatic rings. The SMILES string of the molecule is O=C(O)C(F)(F)F.O=C1OC(c2ccccc2)(c2ccccn2)CN1C1CCN(Cc2cccn2-c2ccc(Cl)cc2)CC1. The van der Waals surface area contributed by atoms with Gasteiger partial charge in [-0.2, -0.15) is 13.2 Å². The van der Waals surface area contributed by atoms with Crippen LogP contribution < -0.4 is 0 Å². The molecule has 0 bridgehead atoms. The van der Waals surface area contributed by atoms with Crippen LogP contribution in [0.5, 0.6) is 0 Å². The number of piperidine rings is 1. The molecule has 1 N–H and O–H groups in total. The van der Waals surface area contributed by atoms with Crippen molar-refractivity contribution in [1.29, 1.82) is 0 Å². The third-order valence-corrected chi connectivity index (χ3v) is 8.02. The Morgan fingerprint density at radius 1 is 0.977 bits per heavy atom. The minimum atomic E-state index is -5.08. The number of aromatic nitrogens is 2. The quantitative estimate of drug-likeness (QED) is 0.262. The van der Waals surface area contributed by atoms with Crippen LogP contribution in [0.3, 0.4) is 0 Å². The highest BCUT2D eigenvalue weighted by Crippen LogP contribution is 2.40. The average Bonchev–Trinajstić information content (AvgIpc) is 3.63. The summed E-state index contributed by atoms with van der Waals surface area (Å²) in [4.78, 5) is 31.1. The number of halogens is 4. The topological polar surface area (TPSA) is 87.9 Å². The van der Waals surface area contributed by atoms with Gasteiger partial charge >= 0.3 is 18.2 Å². The molecule has 8 nitrogen and oxygen atoms in total. The number of rotatable bonds is 6. The lowest BCUT2D eigenvalue weighted by molar-refractivity contribution is -0.192. The van der Waals surface area contributed by atoms with Crippen LogP contribution in [-0.2, 0) is 21.7 Å². The van der Waals surface area contributed by atoms with Crippen LogP contribution in [0.1, 0.15) is 29.8 Å². The van der Waals surface area contributed by atoms with E-state index < -0.39 is 17.7 Å². The van der Waals surface area contributed by atoms with Crippen LogP contribution in [0.25, 0.3) is 5.69 Å². The van der Waals surface area contributed by atoms with Gasteiger partial charge in [0.15, 0.2) is 5.60 Å². The van der Waals surface area contributed by atoms with Crippen LogP contribution >= 0.6 is 11.6 Å². The normalized spacial score (nSPS) is 19.3. The number of carboxylic acid groups (broad SMARTS) is 1. The van der Waals surface area contributed by atoms with Gasteiger partial charge in [0.05, 0.1) is 12.2 Å². The number of cyclic esters (lactones) is 1. The highest BCUT2D eigenvalue weighted by atomic mass is 35.5. The lowest BCUT2D eigenvalue weighted by Crippen LogP contribution is -2.46. The van der Waals surface area contributed by atoms with Crippen LogP contribution in [0.15, 0.2) is 97.3 Å². The van der Waals surface area contributed by atoms with Gasteiger partial charge in [-0.25, -0.2) is 9.59 Å².